The second-order valence-electron chi connectivity index (χ2n) is 6.98. The summed E-state index contributed by atoms with van der Waals surface area (Å²) in [6.45, 7) is 8.10. The summed E-state index contributed by atoms with van der Waals surface area (Å²) in [5.41, 5.74) is 0. The number of ether oxygens (including phenoxy) is 1. The third-order valence-electron chi connectivity index (χ3n) is 5.61. The van der Waals surface area contributed by atoms with Gasteiger partial charge in [0.1, 0.15) is 0 Å². The van der Waals surface area contributed by atoms with E-state index in [1.807, 2.05) is 0 Å². The Kier molecular flexibility index (Phi) is 5.35. The first-order chi connectivity index (χ1) is 10.2. The molecule has 4 nitrogen and oxygen atoms in total. The molecular formula is C16H29N3OS. The van der Waals surface area contributed by atoms with Gasteiger partial charge in [-0.15, -0.1) is 0 Å². The van der Waals surface area contributed by atoms with Gasteiger partial charge in [-0.05, 0) is 56.2 Å². The molecule has 1 heterocycles. The van der Waals surface area contributed by atoms with E-state index in [9.17, 15) is 0 Å². The zero-order chi connectivity index (χ0) is 14.7. The Morgan fingerprint density at radius 2 is 2.10 bits per heavy atom. The zero-order valence-electron chi connectivity index (χ0n) is 13.1. The van der Waals surface area contributed by atoms with Gasteiger partial charge in [0.25, 0.3) is 0 Å². The van der Waals surface area contributed by atoms with Gasteiger partial charge in [-0.3, -0.25) is 4.90 Å². The highest BCUT2D eigenvalue weighted by molar-refractivity contribution is 7.80. The molecule has 1 saturated heterocycles. The standard InChI is InChI=1S/C16H29N3OS/c1-12(15-11-13-2-3-14(15)10-13)18-16(21)17-4-5-19-6-8-20-9-7-19/h12-15H,2-11H2,1H3,(H2,17,18,21)/t12-,13-,14-,15+/m0/s1. The SMILES string of the molecule is C[C@H](NC(=S)NCCN1CCOCC1)[C@H]1C[C@H]2CC[C@H]1C2. The minimum absolute atomic E-state index is 0.517. The molecule has 2 bridgehead atoms. The quantitative estimate of drug-likeness (QED) is 0.755. The van der Waals surface area contributed by atoms with E-state index in [1.165, 1.54) is 25.7 Å². The lowest BCUT2D eigenvalue weighted by atomic mass is 9.84. The van der Waals surface area contributed by atoms with Crippen molar-refractivity contribution in [1.82, 2.24) is 15.5 Å². The van der Waals surface area contributed by atoms with E-state index in [-0.39, 0.29) is 0 Å². The zero-order valence-corrected chi connectivity index (χ0v) is 14.0. The summed E-state index contributed by atoms with van der Waals surface area (Å²) in [7, 11) is 0. The van der Waals surface area contributed by atoms with Crippen LogP contribution in [0.5, 0.6) is 0 Å². The molecule has 5 heteroatoms. The van der Waals surface area contributed by atoms with Crippen molar-refractivity contribution in [2.75, 3.05) is 39.4 Å². The van der Waals surface area contributed by atoms with Crippen LogP contribution in [-0.4, -0.2) is 55.4 Å². The van der Waals surface area contributed by atoms with Gasteiger partial charge in [-0.2, -0.15) is 0 Å². The van der Waals surface area contributed by atoms with Gasteiger partial charge in [0.05, 0.1) is 13.2 Å². The minimum Gasteiger partial charge on any atom is -0.379 e. The molecule has 2 saturated carbocycles. The van der Waals surface area contributed by atoms with E-state index in [4.69, 9.17) is 17.0 Å². The summed E-state index contributed by atoms with van der Waals surface area (Å²) < 4.78 is 5.36. The average molecular weight is 311 g/mol. The fraction of sp³-hybridized carbons (Fsp3) is 0.938. The molecule has 0 aromatic heterocycles. The van der Waals surface area contributed by atoms with Crippen LogP contribution in [0.15, 0.2) is 0 Å². The van der Waals surface area contributed by atoms with Crippen molar-refractivity contribution in [3.05, 3.63) is 0 Å². The lowest BCUT2D eigenvalue weighted by Gasteiger charge is -2.30. The fourth-order valence-corrected chi connectivity index (χ4v) is 4.71. The summed E-state index contributed by atoms with van der Waals surface area (Å²) in [6.07, 6.45) is 5.79. The third-order valence-corrected chi connectivity index (χ3v) is 5.87. The van der Waals surface area contributed by atoms with Crippen LogP contribution >= 0.6 is 12.2 Å². The van der Waals surface area contributed by atoms with Gasteiger partial charge in [-0.1, -0.05) is 6.42 Å². The molecule has 4 atom stereocenters. The molecule has 0 aromatic rings. The molecule has 0 radical (unpaired) electrons. The number of rotatable bonds is 5. The van der Waals surface area contributed by atoms with Crippen molar-refractivity contribution < 1.29 is 4.74 Å². The predicted molar refractivity (Wildman–Crippen MR) is 89.4 cm³/mol. The molecule has 2 N–H and O–H groups in total. The van der Waals surface area contributed by atoms with Crippen molar-refractivity contribution in [3.8, 4) is 0 Å². The lowest BCUT2D eigenvalue weighted by Crippen LogP contribution is -2.47. The van der Waals surface area contributed by atoms with E-state index < -0.39 is 0 Å². The number of hydrogen-bond donors (Lipinski definition) is 2. The first kappa shape index (κ1) is 15.5. The van der Waals surface area contributed by atoms with Gasteiger partial charge < -0.3 is 15.4 Å². The Hall–Kier alpha value is -0.390. The van der Waals surface area contributed by atoms with Crippen molar-refractivity contribution in [2.45, 2.75) is 38.6 Å². The molecule has 3 aliphatic rings. The van der Waals surface area contributed by atoms with Gasteiger partial charge in [0, 0.05) is 32.2 Å². The molecule has 3 fully saturated rings. The third kappa shape index (κ3) is 4.08. The molecule has 0 unspecified atom stereocenters. The van der Waals surface area contributed by atoms with Crippen LogP contribution in [0.4, 0.5) is 0 Å². The largest absolute Gasteiger partial charge is 0.379 e. The maximum Gasteiger partial charge on any atom is 0.166 e. The Balaban J connectivity index is 1.32. The second kappa shape index (κ2) is 7.25. The highest BCUT2D eigenvalue weighted by Gasteiger charge is 2.41. The highest BCUT2D eigenvalue weighted by Crippen LogP contribution is 2.49. The number of nitrogens with zero attached hydrogens (tertiary/aromatic N) is 1. The second-order valence-corrected chi connectivity index (χ2v) is 7.39. The van der Waals surface area contributed by atoms with Crippen LogP contribution < -0.4 is 10.6 Å². The minimum atomic E-state index is 0.517. The van der Waals surface area contributed by atoms with Crippen LogP contribution in [0.3, 0.4) is 0 Å². The molecule has 3 rings (SSSR count). The van der Waals surface area contributed by atoms with Crippen LogP contribution in [0.1, 0.15) is 32.6 Å². The van der Waals surface area contributed by atoms with Crippen molar-refractivity contribution in [3.63, 3.8) is 0 Å². The van der Waals surface area contributed by atoms with Gasteiger partial charge in [0.2, 0.25) is 0 Å². The van der Waals surface area contributed by atoms with Gasteiger partial charge in [-0.25, -0.2) is 0 Å². The van der Waals surface area contributed by atoms with E-state index in [0.29, 0.717) is 6.04 Å². The van der Waals surface area contributed by atoms with Crippen LogP contribution in [0.2, 0.25) is 0 Å². The molecular weight excluding hydrogens is 282 g/mol. The Labute approximate surface area is 134 Å². The van der Waals surface area contributed by atoms with Crippen LogP contribution in [0.25, 0.3) is 0 Å². The number of hydrogen-bond acceptors (Lipinski definition) is 3. The molecule has 120 valence electrons. The first-order valence-electron chi connectivity index (χ1n) is 8.57. The Bertz CT molecular complexity index is 359. The monoisotopic (exact) mass is 311 g/mol. The van der Waals surface area contributed by atoms with Crippen LogP contribution in [0, 0.1) is 17.8 Å². The van der Waals surface area contributed by atoms with E-state index in [1.54, 1.807) is 0 Å². The average Bonchev–Trinajstić information content (AvgIpc) is 3.11. The summed E-state index contributed by atoms with van der Waals surface area (Å²) in [5.74, 6) is 2.79. The van der Waals surface area contributed by atoms with Crippen LogP contribution in [-0.2, 0) is 4.74 Å². The summed E-state index contributed by atoms with van der Waals surface area (Å²) in [6, 6.07) is 0.517. The van der Waals surface area contributed by atoms with Crippen molar-refractivity contribution >= 4 is 17.3 Å². The summed E-state index contributed by atoms with van der Waals surface area (Å²) in [4.78, 5) is 2.43. The first-order valence-corrected chi connectivity index (χ1v) is 8.97. The Morgan fingerprint density at radius 1 is 1.29 bits per heavy atom. The molecule has 21 heavy (non-hydrogen) atoms. The Morgan fingerprint density at radius 3 is 2.76 bits per heavy atom. The summed E-state index contributed by atoms with van der Waals surface area (Å²) in [5, 5.41) is 7.72. The molecule has 2 aliphatic carbocycles. The molecule has 0 aromatic carbocycles. The van der Waals surface area contributed by atoms with Gasteiger partial charge in [0.15, 0.2) is 5.11 Å². The molecule has 1 aliphatic heterocycles. The van der Waals surface area contributed by atoms with Crippen molar-refractivity contribution in [2.24, 2.45) is 17.8 Å². The van der Waals surface area contributed by atoms with Crippen molar-refractivity contribution in [1.29, 1.82) is 0 Å². The maximum atomic E-state index is 5.45. The molecule has 0 spiro atoms. The maximum absolute atomic E-state index is 5.45. The number of thiocarbonyl (C=S) groups is 1. The highest BCUT2D eigenvalue weighted by atomic mass is 32.1. The van der Waals surface area contributed by atoms with E-state index in [2.05, 4.69) is 22.5 Å². The normalized spacial score (nSPS) is 33.9. The smallest absolute Gasteiger partial charge is 0.166 e. The number of fused-ring (bicyclic) bond motifs is 2. The van der Waals surface area contributed by atoms with E-state index in [0.717, 1.165) is 62.3 Å². The predicted octanol–water partition coefficient (Wildman–Crippen LogP) is 1.61. The fourth-order valence-electron chi connectivity index (χ4n) is 4.42. The topological polar surface area (TPSA) is 36.5 Å². The van der Waals surface area contributed by atoms with E-state index >= 15 is 0 Å². The number of nitrogens with one attached hydrogen (secondary N) is 2. The molecule has 0 amide bonds. The summed E-state index contributed by atoms with van der Waals surface area (Å²) >= 11 is 5.45. The van der Waals surface area contributed by atoms with Gasteiger partial charge >= 0.3 is 0 Å². The number of morpholine rings is 1. The lowest BCUT2D eigenvalue weighted by molar-refractivity contribution is 0.0389.